The highest BCUT2D eigenvalue weighted by Gasteiger charge is 2.31. The molecule has 4 nitrogen and oxygen atoms in total. The van der Waals surface area contributed by atoms with E-state index in [1.807, 2.05) is 13.0 Å². The molecule has 0 aromatic rings. The third-order valence-electron chi connectivity index (χ3n) is 2.69. The first-order valence-electron chi connectivity index (χ1n) is 5.19. The molecule has 0 bridgehead atoms. The minimum Gasteiger partial charge on any atom is -0.379 e. The number of aliphatic hydroxyl groups excluding tert-OH is 2. The number of hydrogen-bond acceptors (Lipinski definition) is 4. The van der Waals surface area contributed by atoms with Crippen LogP contribution in [0.1, 0.15) is 20.8 Å². The van der Waals surface area contributed by atoms with Crippen molar-refractivity contribution in [2.24, 2.45) is 0 Å². The Kier molecular flexibility index (Phi) is 4.13. The predicted molar refractivity (Wildman–Crippen MR) is 61.2 cm³/mol. The van der Waals surface area contributed by atoms with Gasteiger partial charge in [0.1, 0.15) is 19.6 Å². The van der Waals surface area contributed by atoms with Crippen molar-refractivity contribution in [3.63, 3.8) is 0 Å². The van der Waals surface area contributed by atoms with Crippen molar-refractivity contribution in [1.82, 2.24) is 4.90 Å². The maximum atomic E-state index is 12.3. The summed E-state index contributed by atoms with van der Waals surface area (Å²) in [5, 5.41) is 18.9. The van der Waals surface area contributed by atoms with Crippen molar-refractivity contribution >= 4 is 7.14 Å². The summed E-state index contributed by atoms with van der Waals surface area (Å²) in [5.41, 5.74) is 1.15. The molecule has 15 heavy (non-hydrogen) atoms. The Morgan fingerprint density at radius 1 is 1.47 bits per heavy atom. The van der Waals surface area contributed by atoms with Crippen LogP contribution in [0, 0.1) is 0 Å². The fourth-order valence-corrected chi connectivity index (χ4v) is 4.95. The molecule has 2 N–H and O–H groups in total. The van der Waals surface area contributed by atoms with Gasteiger partial charge in [-0.25, -0.2) is 4.90 Å². The first kappa shape index (κ1) is 12.9. The maximum absolute atomic E-state index is 12.3. The van der Waals surface area contributed by atoms with E-state index < -0.39 is 19.6 Å². The lowest BCUT2D eigenvalue weighted by atomic mass is 10.3. The van der Waals surface area contributed by atoms with Gasteiger partial charge in [-0.05, 0) is 20.8 Å². The molecule has 1 heterocycles. The van der Waals surface area contributed by atoms with Gasteiger partial charge in [-0.2, -0.15) is 0 Å². The SMILES string of the molecule is CC1=CCP(=O)(CN(C(C)O)C(C)O)C1. The zero-order valence-electron chi connectivity index (χ0n) is 9.55. The second-order valence-corrected chi connectivity index (χ2v) is 7.45. The first-order valence-corrected chi connectivity index (χ1v) is 7.45. The fourth-order valence-electron chi connectivity index (χ4n) is 1.86. The smallest absolute Gasteiger partial charge is 0.109 e. The number of rotatable bonds is 4. The molecule has 5 heteroatoms. The molecule has 3 unspecified atom stereocenters. The van der Waals surface area contributed by atoms with Crippen LogP contribution >= 0.6 is 7.14 Å². The third kappa shape index (κ3) is 3.42. The number of allylic oxidation sites excluding steroid dienone is 2. The van der Waals surface area contributed by atoms with Crippen LogP contribution in [0.5, 0.6) is 0 Å². The van der Waals surface area contributed by atoms with Crippen molar-refractivity contribution in [2.75, 3.05) is 18.6 Å². The van der Waals surface area contributed by atoms with Crippen LogP contribution in [0.25, 0.3) is 0 Å². The quantitative estimate of drug-likeness (QED) is 0.436. The van der Waals surface area contributed by atoms with Crippen LogP contribution in [0.4, 0.5) is 0 Å². The molecule has 0 fully saturated rings. The average molecular weight is 233 g/mol. The van der Waals surface area contributed by atoms with Crippen molar-refractivity contribution in [3.8, 4) is 0 Å². The zero-order valence-corrected chi connectivity index (χ0v) is 10.4. The van der Waals surface area contributed by atoms with Crippen molar-refractivity contribution in [2.45, 2.75) is 33.2 Å². The lowest BCUT2D eigenvalue weighted by Crippen LogP contribution is -2.40. The first-order chi connectivity index (χ1) is 6.84. The molecule has 0 saturated heterocycles. The normalized spacial score (nSPS) is 30.4. The summed E-state index contributed by atoms with van der Waals surface area (Å²) in [4.78, 5) is 1.47. The van der Waals surface area contributed by atoms with Crippen molar-refractivity contribution < 1.29 is 14.8 Å². The number of hydrogen-bond donors (Lipinski definition) is 2. The minimum absolute atomic E-state index is 0.288. The predicted octanol–water partition coefficient (Wildman–Crippen LogP) is 1.25. The maximum Gasteiger partial charge on any atom is 0.109 e. The largest absolute Gasteiger partial charge is 0.379 e. The van der Waals surface area contributed by atoms with Crippen LogP contribution in [-0.2, 0) is 4.57 Å². The van der Waals surface area contributed by atoms with Crippen molar-refractivity contribution in [1.29, 1.82) is 0 Å². The van der Waals surface area contributed by atoms with E-state index in [2.05, 4.69) is 0 Å². The summed E-state index contributed by atoms with van der Waals surface area (Å²) < 4.78 is 12.3. The third-order valence-corrected chi connectivity index (χ3v) is 5.46. The highest BCUT2D eigenvalue weighted by atomic mass is 31.2. The van der Waals surface area contributed by atoms with Gasteiger partial charge >= 0.3 is 0 Å². The molecule has 0 amide bonds. The molecule has 88 valence electrons. The molecule has 0 aromatic carbocycles. The summed E-state index contributed by atoms with van der Waals surface area (Å²) in [6, 6.07) is 0. The molecule has 0 aromatic heterocycles. The lowest BCUT2D eigenvalue weighted by molar-refractivity contribution is -0.0726. The summed E-state index contributed by atoms with van der Waals surface area (Å²) >= 11 is 0. The molecule has 0 radical (unpaired) electrons. The molecule has 1 aliphatic heterocycles. The number of nitrogens with zero attached hydrogens (tertiary/aromatic N) is 1. The Balaban J connectivity index is 2.64. The van der Waals surface area contributed by atoms with Crippen LogP contribution in [-0.4, -0.2) is 46.2 Å². The van der Waals surface area contributed by atoms with Gasteiger partial charge in [0.25, 0.3) is 0 Å². The molecule has 1 aliphatic rings. The summed E-state index contributed by atoms with van der Waals surface area (Å²) in [6.45, 7) is 5.12. The second-order valence-electron chi connectivity index (χ2n) is 4.37. The van der Waals surface area contributed by atoms with E-state index >= 15 is 0 Å². The average Bonchev–Trinajstić information content (AvgIpc) is 2.42. The Hall–Kier alpha value is -0.150. The molecule has 0 aliphatic carbocycles. The van der Waals surface area contributed by atoms with E-state index in [0.717, 1.165) is 5.57 Å². The van der Waals surface area contributed by atoms with Gasteiger partial charge in [0.15, 0.2) is 0 Å². The van der Waals surface area contributed by atoms with Crippen LogP contribution in [0.15, 0.2) is 11.6 Å². The molecule has 0 spiro atoms. The molecule has 0 saturated carbocycles. The fraction of sp³-hybridized carbons (Fsp3) is 0.800. The molecule has 3 atom stereocenters. The van der Waals surface area contributed by atoms with E-state index in [9.17, 15) is 14.8 Å². The van der Waals surface area contributed by atoms with Gasteiger partial charge in [-0.15, -0.1) is 0 Å². The topological polar surface area (TPSA) is 60.8 Å². The number of aliphatic hydroxyl groups is 2. The van der Waals surface area contributed by atoms with Gasteiger partial charge in [0.2, 0.25) is 0 Å². The molecule has 1 rings (SSSR count). The monoisotopic (exact) mass is 233 g/mol. The van der Waals surface area contributed by atoms with Crippen LogP contribution in [0.2, 0.25) is 0 Å². The zero-order chi connectivity index (χ0) is 11.6. The summed E-state index contributed by atoms with van der Waals surface area (Å²) in [6.07, 6.45) is 1.95. The Bertz CT molecular complexity index is 291. The highest BCUT2D eigenvalue weighted by molar-refractivity contribution is 7.64. The van der Waals surface area contributed by atoms with Gasteiger partial charge in [-0.3, -0.25) is 0 Å². The highest BCUT2D eigenvalue weighted by Crippen LogP contribution is 2.52. The molecular weight excluding hydrogens is 213 g/mol. The minimum atomic E-state index is -2.28. The van der Waals surface area contributed by atoms with Crippen molar-refractivity contribution in [3.05, 3.63) is 11.6 Å². The van der Waals surface area contributed by atoms with Gasteiger partial charge in [0, 0.05) is 12.3 Å². The van der Waals surface area contributed by atoms with Gasteiger partial charge in [0.05, 0.1) is 6.29 Å². The Labute approximate surface area is 91.0 Å². The van der Waals surface area contributed by atoms with Crippen LogP contribution in [0.3, 0.4) is 0 Å². The van der Waals surface area contributed by atoms with E-state index in [0.29, 0.717) is 12.3 Å². The van der Waals surface area contributed by atoms with E-state index in [-0.39, 0.29) is 6.29 Å². The van der Waals surface area contributed by atoms with E-state index in [4.69, 9.17) is 0 Å². The summed E-state index contributed by atoms with van der Waals surface area (Å²) in [7, 11) is -2.28. The summed E-state index contributed by atoms with van der Waals surface area (Å²) in [5.74, 6) is 0. The van der Waals surface area contributed by atoms with Gasteiger partial charge < -0.3 is 14.8 Å². The van der Waals surface area contributed by atoms with Gasteiger partial charge in [-0.1, -0.05) is 11.6 Å². The van der Waals surface area contributed by atoms with E-state index in [1.165, 1.54) is 4.90 Å². The standard InChI is InChI=1S/C10H20NO3P/c1-8-4-5-15(14,6-8)7-11(9(2)12)10(3)13/h4,9-10,12-13H,5-7H2,1-3H3. The van der Waals surface area contributed by atoms with E-state index in [1.54, 1.807) is 13.8 Å². The second kappa shape index (κ2) is 4.79. The Morgan fingerprint density at radius 2 is 2.00 bits per heavy atom. The molecular formula is C10H20NO3P. The lowest BCUT2D eigenvalue weighted by Gasteiger charge is -2.30. The Morgan fingerprint density at radius 3 is 2.33 bits per heavy atom. The van der Waals surface area contributed by atoms with Crippen LogP contribution < -0.4 is 0 Å².